The maximum absolute atomic E-state index is 12.2. The SMILES string of the molecule is CNC(=O)c1ccnc2c([C@H](C)CNc3cc(-c4c(N)nc(C)nc4N)ncn3)cccc12. The molecule has 0 radical (unpaired) electrons. The second-order valence-electron chi connectivity index (χ2n) is 7.67. The summed E-state index contributed by atoms with van der Waals surface area (Å²) in [4.78, 5) is 33.7. The molecule has 33 heavy (non-hydrogen) atoms. The van der Waals surface area contributed by atoms with Crippen LogP contribution in [0.4, 0.5) is 17.5 Å². The summed E-state index contributed by atoms with van der Waals surface area (Å²) in [5.74, 6) is 1.59. The molecule has 0 aliphatic rings. The number of para-hydroxylation sites is 1. The number of amides is 1. The summed E-state index contributed by atoms with van der Waals surface area (Å²) in [7, 11) is 1.62. The van der Waals surface area contributed by atoms with E-state index in [1.54, 1.807) is 32.3 Å². The predicted octanol–water partition coefficient (Wildman–Crippen LogP) is 2.53. The van der Waals surface area contributed by atoms with Crippen molar-refractivity contribution in [2.24, 2.45) is 0 Å². The van der Waals surface area contributed by atoms with Gasteiger partial charge in [0, 0.05) is 37.2 Å². The Labute approximate surface area is 190 Å². The lowest BCUT2D eigenvalue weighted by atomic mass is 9.96. The van der Waals surface area contributed by atoms with Gasteiger partial charge in [0.1, 0.15) is 29.6 Å². The molecular formula is C23H25N9O. The Morgan fingerprint density at radius 3 is 2.58 bits per heavy atom. The van der Waals surface area contributed by atoms with Crippen LogP contribution >= 0.6 is 0 Å². The first kappa shape index (κ1) is 21.9. The van der Waals surface area contributed by atoms with Crippen LogP contribution in [-0.4, -0.2) is 44.4 Å². The maximum Gasteiger partial charge on any atom is 0.251 e. The van der Waals surface area contributed by atoms with Gasteiger partial charge >= 0.3 is 0 Å². The molecule has 10 nitrogen and oxygen atoms in total. The molecule has 0 aliphatic carbocycles. The Hall–Kier alpha value is -4.34. The molecule has 168 valence electrons. The largest absolute Gasteiger partial charge is 0.383 e. The van der Waals surface area contributed by atoms with E-state index in [0.29, 0.717) is 35.0 Å². The Balaban J connectivity index is 1.58. The minimum absolute atomic E-state index is 0.0809. The van der Waals surface area contributed by atoms with E-state index in [0.717, 1.165) is 16.5 Å². The van der Waals surface area contributed by atoms with Gasteiger partial charge in [-0.3, -0.25) is 9.78 Å². The van der Waals surface area contributed by atoms with Crippen molar-refractivity contribution < 1.29 is 4.79 Å². The lowest BCUT2D eigenvalue weighted by Crippen LogP contribution is -2.18. The second-order valence-corrected chi connectivity index (χ2v) is 7.67. The number of aromatic nitrogens is 5. The lowest BCUT2D eigenvalue weighted by Gasteiger charge is -2.16. The first-order valence-electron chi connectivity index (χ1n) is 10.4. The number of nitrogens with one attached hydrogen (secondary N) is 2. The zero-order valence-electron chi connectivity index (χ0n) is 18.6. The number of fused-ring (bicyclic) bond motifs is 1. The van der Waals surface area contributed by atoms with Crippen molar-refractivity contribution in [1.82, 2.24) is 30.2 Å². The number of nitrogens with zero attached hydrogens (tertiary/aromatic N) is 5. The van der Waals surface area contributed by atoms with Crippen LogP contribution in [0.1, 0.15) is 34.6 Å². The predicted molar refractivity (Wildman–Crippen MR) is 129 cm³/mol. The number of rotatable bonds is 6. The number of hydrogen-bond donors (Lipinski definition) is 4. The van der Waals surface area contributed by atoms with Gasteiger partial charge in [0.2, 0.25) is 0 Å². The minimum Gasteiger partial charge on any atom is -0.383 e. The van der Waals surface area contributed by atoms with E-state index in [-0.39, 0.29) is 23.5 Å². The molecule has 1 atom stereocenters. The number of benzene rings is 1. The van der Waals surface area contributed by atoms with Crippen molar-refractivity contribution >= 4 is 34.3 Å². The molecule has 0 unspecified atom stereocenters. The number of aryl methyl sites for hydroxylation is 1. The zero-order chi connectivity index (χ0) is 23.5. The van der Waals surface area contributed by atoms with Crippen molar-refractivity contribution in [2.45, 2.75) is 19.8 Å². The van der Waals surface area contributed by atoms with E-state index in [2.05, 4.69) is 42.5 Å². The second kappa shape index (κ2) is 9.03. The van der Waals surface area contributed by atoms with E-state index in [4.69, 9.17) is 11.5 Å². The molecule has 1 aromatic carbocycles. The molecule has 1 amide bonds. The molecular weight excluding hydrogens is 418 g/mol. The highest BCUT2D eigenvalue weighted by molar-refractivity contribution is 6.06. The number of carbonyl (C=O) groups excluding carboxylic acids is 1. The molecule has 0 aliphatic heterocycles. The molecule has 10 heteroatoms. The van der Waals surface area contributed by atoms with Gasteiger partial charge in [0.05, 0.1) is 22.3 Å². The molecule has 4 rings (SSSR count). The third-order valence-corrected chi connectivity index (χ3v) is 5.39. The van der Waals surface area contributed by atoms with Gasteiger partial charge in [-0.25, -0.2) is 19.9 Å². The summed E-state index contributed by atoms with van der Waals surface area (Å²) >= 11 is 0. The Morgan fingerprint density at radius 1 is 1.09 bits per heavy atom. The highest BCUT2D eigenvalue weighted by Gasteiger charge is 2.16. The van der Waals surface area contributed by atoms with Crippen molar-refractivity contribution in [1.29, 1.82) is 0 Å². The van der Waals surface area contributed by atoms with Gasteiger partial charge in [-0.2, -0.15) is 0 Å². The fraction of sp³-hybridized carbons (Fsp3) is 0.217. The third-order valence-electron chi connectivity index (χ3n) is 5.39. The number of anilines is 3. The molecule has 4 aromatic rings. The summed E-state index contributed by atoms with van der Waals surface area (Å²) in [5, 5.41) is 6.83. The molecule has 3 aromatic heterocycles. The fourth-order valence-corrected chi connectivity index (χ4v) is 3.77. The van der Waals surface area contributed by atoms with Crippen LogP contribution in [0.15, 0.2) is 42.9 Å². The van der Waals surface area contributed by atoms with Crippen molar-refractivity contribution in [3.8, 4) is 11.3 Å². The van der Waals surface area contributed by atoms with E-state index >= 15 is 0 Å². The van der Waals surface area contributed by atoms with E-state index in [9.17, 15) is 4.79 Å². The van der Waals surface area contributed by atoms with E-state index < -0.39 is 0 Å². The van der Waals surface area contributed by atoms with Gasteiger partial charge in [0.25, 0.3) is 5.91 Å². The highest BCUT2D eigenvalue weighted by Crippen LogP contribution is 2.29. The van der Waals surface area contributed by atoms with Crippen LogP contribution in [-0.2, 0) is 0 Å². The number of pyridine rings is 1. The van der Waals surface area contributed by atoms with Crippen LogP contribution in [0.25, 0.3) is 22.2 Å². The molecule has 0 saturated heterocycles. The normalized spacial score (nSPS) is 11.8. The lowest BCUT2D eigenvalue weighted by molar-refractivity contribution is 0.0964. The number of nitrogen functional groups attached to an aromatic ring is 2. The van der Waals surface area contributed by atoms with Crippen LogP contribution < -0.4 is 22.1 Å². The summed E-state index contributed by atoms with van der Waals surface area (Å²) in [6, 6.07) is 9.35. The fourth-order valence-electron chi connectivity index (χ4n) is 3.77. The van der Waals surface area contributed by atoms with Crippen LogP contribution in [0.3, 0.4) is 0 Å². The standard InChI is InChI=1S/C23H25N9O/c1-12(14-5-4-6-15-16(23(33)26-3)7-8-27-20(14)15)10-28-18-9-17(29-11-30-18)19-21(24)31-13(2)32-22(19)25/h4-9,11-12H,10H2,1-3H3,(H,26,33)(H,28,29,30)(H4,24,25,31,32)/t12-/m1/s1. The first-order valence-corrected chi connectivity index (χ1v) is 10.4. The highest BCUT2D eigenvalue weighted by atomic mass is 16.1. The van der Waals surface area contributed by atoms with Crippen molar-refractivity contribution in [3.05, 3.63) is 59.8 Å². The van der Waals surface area contributed by atoms with Gasteiger partial charge in [0.15, 0.2) is 0 Å². The third kappa shape index (κ3) is 4.36. The monoisotopic (exact) mass is 443 g/mol. The molecule has 0 fully saturated rings. The average Bonchev–Trinajstić information content (AvgIpc) is 2.81. The van der Waals surface area contributed by atoms with Gasteiger partial charge in [-0.1, -0.05) is 25.1 Å². The maximum atomic E-state index is 12.2. The van der Waals surface area contributed by atoms with Gasteiger partial charge in [-0.05, 0) is 18.6 Å². The van der Waals surface area contributed by atoms with Crippen molar-refractivity contribution in [3.63, 3.8) is 0 Å². The van der Waals surface area contributed by atoms with Crippen LogP contribution in [0.2, 0.25) is 0 Å². The summed E-state index contributed by atoms with van der Waals surface area (Å²) < 4.78 is 0. The van der Waals surface area contributed by atoms with Gasteiger partial charge < -0.3 is 22.1 Å². The Bertz CT molecular complexity index is 1320. The summed E-state index contributed by atoms with van der Waals surface area (Å²) in [6.07, 6.45) is 3.10. The summed E-state index contributed by atoms with van der Waals surface area (Å²) in [6.45, 7) is 4.39. The first-order chi connectivity index (χ1) is 15.9. The minimum atomic E-state index is -0.141. The number of nitrogens with two attached hydrogens (primary N) is 2. The number of hydrogen-bond acceptors (Lipinski definition) is 9. The topological polar surface area (TPSA) is 158 Å². The van der Waals surface area contributed by atoms with Crippen LogP contribution in [0.5, 0.6) is 0 Å². The molecule has 0 saturated carbocycles. The smallest absolute Gasteiger partial charge is 0.251 e. The summed E-state index contributed by atoms with van der Waals surface area (Å²) in [5.41, 5.74) is 15.6. The molecule has 3 heterocycles. The van der Waals surface area contributed by atoms with E-state index in [1.807, 2.05) is 18.2 Å². The Kier molecular flexibility index (Phi) is 5.99. The van der Waals surface area contributed by atoms with Crippen LogP contribution in [0, 0.1) is 6.92 Å². The average molecular weight is 444 g/mol. The zero-order valence-corrected chi connectivity index (χ0v) is 18.6. The van der Waals surface area contributed by atoms with Crippen molar-refractivity contribution in [2.75, 3.05) is 30.4 Å². The molecule has 0 bridgehead atoms. The Morgan fingerprint density at radius 2 is 1.85 bits per heavy atom. The number of carbonyl (C=O) groups is 1. The molecule has 0 spiro atoms. The quantitative estimate of drug-likeness (QED) is 0.351. The van der Waals surface area contributed by atoms with E-state index in [1.165, 1.54) is 6.33 Å². The van der Waals surface area contributed by atoms with Gasteiger partial charge in [-0.15, -0.1) is 0 Å². The molecule has 6 N–H and O–H groups in total.